The van der Waals surface area contributed by atoms with Crippen LogP contribution in [0.1, 0.15) is 6.42 Å². The van der Waals surface area contributed by atoms with E-state index >= 15 is 0 Å². The maximum absolute atomic E-state index is 12.0. The van der Waals surface area contributed by atoms with Gasteiger partial charge in [-0.2, -0.15) is 0 Å². The van der Waals surface area contributed by atoms with E-state index in [1.54, 1.807) is 0 Å². The topological polar surface area (TPSA) is 20.3 Å². The lowest BCUT2D eigenvalue weighted by atomic mass is 10.1. The van der Waals surface area contributed by atoms with Crippen LogP contribution >= 0.6 is 0 Å². The summed E-state index contributed by atoms with van der Waals surface area (Å²) < 4.78 is 0. The summed E-state index contributed by atoms with van der Waals surface area (Å²) in [5.74, 6) is 2.84. The number of anilines is 1. The molecule has 1 heterocycles. The van der Waals surface area contributed by atoms with Gasteiger partial charge in [0, 0.05) is 24.3 Å². The first-order valence-corrected chi connectivity index (χ1v) is 6.04. The summed E-state index contributed by atoms with van der Waals surface area (Å²) in [6.45, 7) is 0.628. The molecule has 0 aliphatic carbocycles. The molecular formula is C16H13NO. The van der Waals surface area contributed by atoms with Gasteiger partial charge in [-0.15, -0.1) is 12.3 Å². The Bertz CT molecular complexity index is 648. The van der Waals surface area contributed by atoms with E-state index in [1.807, 2.05) is 35.2 Å². The third-order valence-electron chi connectivity index (χ3n) is 3.42. The molecule has 0 radical (unpaired) electrons. The molecule has 88 valence electrons. The zero-order valence-electron chi connectivity index (χ0n) is 9.97. The van der Waals surface area contributed by atoms with Crippen molar-refractivity contribution in [2.75, 3.05) is 11.4 Å². The Morgan fingerprint density at radius 1 is 1.17 bits per heavy atom. The van der Waals surface area contributed by atoms with Crippen molar-refractivity contribution in [2.24, 2.45) is 5.92 Å². The number of carbonyl (C=O) groups is 1. The molecule has 1 fully saturated rings. The average Bonchev–Trinajstić information content (AvgIpc) is 2.79. The normalized spacial score (nSPS) is 19.2. The van der Waals surface area contributed by atoms with E-state index in [1.165, 1.54) is 0 Å². The molecule has 2 heteroatoms. The smallest absolute Gasteiger partial charge is 0.228 e. The fourth-order valence-corrected chi connectivity index (χ4v) is 2.50. The largest absolute Gasteiger partial charge is 0.311 e. The molecular weight excluding hydrogens is 222 g/mol. The molecule has 0 spiro atoms. The summed E-state index contributed by atoms with van der Waals surface area (Å²) in [4.78, 5) is 13.8. The summed E-state index contributed by atoms with van der Waals surface area (Å²) in [6.07, 6.45) is 5.88. The minimum atomic E-state index is 0.0384. The van der Waals surface area contributed by atoms with Crippen LogP contribution in [0, 0.1) is 18.3 Å². The highest BCUT2D eigenvalue weighted by Gasteiger charge is 2.29. The number of benzene rings is 2. The van der Waals surface area contributed by atoms with E-state index in [0.717, 1.165) is 16.5 Å². The molecule has 2 nitrogen and oxygen atoms in total. The molecule has 1 atom stereocenters. The van der Waals surface area contributed by atoms with Crippen molar-refractivity contribution in [3.63, 3.8) is 0 Å². The van der Waals surface area contributed by atoms with Crippen LogP contribution in [-0.4, -0.2) is 12.5 Å². The molecule has 0 N–H and O–H groups in total. The maximum Gasteiger partial charge on any atom is 0.228 e. The highest BCUT2D eigenvalue weighted by Crippen LogP contribution is 2.31. The molecule has 1 unspecified atom stereocenters. The molecule has 2 aromatic rings. The third-order valence-corrected chi connectivity index (χ3v) is 3.42. The van der Waals surface area contributed by atoms with Gasteiger partial charge < -0.3 is 4.90 Å². The van der Waals surface area contributed by atoms with Crippen LogP contribution in [0.5, 0.6) is 0 Å². The molecule has 0 aromatic heterocycles. The molecule has 3 rings (SSSR count). The zero-order valence-corrected chi connectivity index (χ0v) is 9.97. The van der Waals surface area contributed by atoms with Crippen molar-refractivity contribution in [3.05, 3.63) is 42.5 Å². The predicted octanol–water partition coefficient (Wildman–Crippen LogP) is 2.83. The Kier molecular flexibility index (Phi) is 2.53. The Hall–Kier alpha value is -2.27. The lowest BCUT2D eigenvalue weighted by Gasteiger charge is -2.18. The first-order valence-electron chi connectivity index (χ1n) is 6.04. The monoisotopic (exact) mass is 235 g/mol. The molecule has 1 aliphatic rings. The van der Waals surface area contributed by atoms with Gasteiger partial charge in [-0.1, -0.05) is 36.4 Å². The Morgan fingerprint density at radius 3 is 2.72 bits per heavy atom. The van der Waals surface area contributed by atoms with Crippen molar-refractivity contribution in [1.29, 1.82) is 0 Å². The second-order valence-corrected chi connectivity index (χ2v) is 4.57. The van der Waals surface area contributed by atoms with Crippen LogP contribution in [0.2, 0.25) is 0 Å². The number of hydrogen-bond donors (Lipinski definition) is 0. The molecule has 1 amide bonds. The fourth-order valence-electron chi connectivity index (χ4n) is 2.50. The number of carbonyl (C=O) groups excluding carboxylic acids is 1. The number of nitrogens with zero attached hydrogens (tertiary/aromatic N) is 1. The maximum atomic E-state index is 12.0. The summed E-state index contributed by atoms with van der Waals surface area (Å²) in [6, 6.07) is 14.1. The van der Waals surface area contributed by atoms with Gasteiger partial charge in [-0.3, -0.25) is 4.79 Å². The standard InChI is InChI=1S/C16H13NO/c1-2-12-10-16(18)17(11-12)15-9-5-7-13-6-3-4-8-14(13)15/h1,3-9,12H,10-11H2. The SMILES string of the molecule is C#CC1CC(=O)N(c2cccc3ccccc23)C1. The van der Waals surface area contributed by atoms with Crippen molar-refractivity contribution in [3.8, 4) is 12.3 Å². The predicted molar refractivity (Wildman–Crippen MR) is 73.2 cm³/mol. The van der Waals surface area contributed by atoms with Crippen molar-refractivity contribution >= 4 is 22.4 Å². The number of terminal acetylenes is 1. The van der Waals surface area contributed by atoms with Crippen molar-refractivity contribution in [2.45, 2.75) is 6.42 Å². The van der Waals surface area contributed by atoms with E-state index < -0.39 is 0 Å². The second kappa shape index (κ2) is 4.19. The third kappa shape index (κ3) is 1.65. The average molecular weight is 235 g/mol. The van der Waals surface area contributed by atoms with Gasteiger partial charge in [0.2, 0.25) is 5.91 Å². The summed E-state index contributed by atoms with van der Waals surface area (Å²) in [5, 5.41) is 2.25. The number of fused-ring (bicyclic) bond motifs is 1. The highest BCUT2D eigenvalue weighted by atomic mass is 16.2. The Labute approximate surface area is 106 Å². The van der Waals surface area contributed by atoms with Crippen LogP contribution < -0.4 is 4.90 Å². The van der Waals surface area contributed by atoms with Gasteiger partial charge in [0.1, 0.15) is 0 Å². The molecule has 1 aliphatic heterocycles. The number of rotatable bonds is 1. The zero-order chi connectivity index (χ0) is 12.5. The molecule has 0 bridgehead atoms. The first kappa shape index (κ1) is 10.9. The Morgan fingerprint density at radius 2 is 1.94 bits per heavy atom. The van der Waals surface area contributed by atoms with Gasteiger partial charge in [-0.05, 0) is 11.5 Å². The lowest BCUT2D eigenvalue weighted by molar-refractivity contribution is -0.117. The van der Waals surface area contributed by atoms with Gasteiger partial charge in [-0.25, -0.2) is 0 Å². The quantitative estimate of drug-likeness (QED) is 0.696. The Balaban J connectivity index is 2.10. The molecule has 0 saturated carbocycles. The van der Waals surface area contributed by atoms with Crippen molar-refractivity contribution < 1.29 is 4.79 Å². The summed E-state index contributed by atoms with van der Waals surface area (Å²) >= 11 is 0. The van der Waals surface area contributed by atoms with E-state index in [0.29, 0.717) is 13.0 Å². The first-order chi connectivity index (χ1) is 8.79. The minimum Gasteiger partial charge on any atom is -0.311 e. The molecule has 1 saturated heterocycles. The molecule has 2 aromatic carbocycles. The fraction of sp³-hybridized carbons (Fsp3) is 0.188. The van der Waals surface area contributed by atoms with Gasteiger partial charge in [0.25, 0.3) is 0 Å². The summed E-state index contributed by atoms with van der Waals surface area (Å²) in [7, 11) is 0. The van der Waals surface area contributed by atoms with Crippen LogP contribution in [0.3, 0.4) is 0 Å². The van der Waals surface area contributed by atoms with E-state index in [4.69, 9.17) is 6.42 Å². The number of hydrogen-bond acceptors (Lipinski definition) is 1. The van der Waals surface area contributed by atoms with Gasteiger partial charge in [0.15, 0.2) is 0 Å². The lowest BCUT2D eigenvalue weighted by Crippen LogP contribution is -2.24. The van der Waals surface area contributed by atoms with Crippen LogP contribution in [0.15, 0.2) is 42.5 Å². The van der Waals surface area contributed by atoms with E-state index in [2.05, 4.69) is 18.1 Å². The number of amides is 1. The van der Waals surface area contributed by atoms with E-state index in [-0.39, 0.29) is 11.8 Å². The van der Waals surface area contributed by atoms with Crippen LogP contribution in [0.4, 0.5) is 5.69 Å². The van der Waals surface area contributed by atoms with Gasteiger partial charge in [0.05, 0.1) is 5.69 Å². The summed E-state index contributed by atoms with van der Waals surface area (Å²) in [5.41, 5.74) is 0.968. The van der Waals surface area contributed by atoms with E-state index in [9.17, 15) is 4.79 Å². The second-order valence-electron chi connectivity index (χ2n) is 4.57. The van der Waals surface area contributed by atoms with Crippen LogP contribution in [0.25, 0.3) is 10.8 Å². The van der Waals surface area contributed by atoms with Gasteiger partial charge >= 0.3 is 0 Å². The molecule has 18 heavy (non-hydrogen) atoms. The van der Waals surface area contributed by atoms with Crippen molar-refractivity contribution in [1.82, 2.24) is 0 Å². The highest BCUT2D eigenvalue weighted by molar-refractivity contribution is 6.05. The van der Waals surface area contributed by atoms with Crippen LogP contribution in [-0.2, 0) is 4.79 Å². The minimum absolute atomic E-state index is 0.0384.